The number of carboxylic acid groups (broad SMARTS) is 1. The Balaban J connectivity index is 0.000000320. The van der Waals surface area contributed by atoms with E-state index in [-0.39, 0.29) is 5.91 Å². The van der Waals surface area contributed by atoms with Crippen molar-refractivity contribution in [2.24, 2.45) is 11.8 Å². The van der Waals surface area contributed by atoms with E-state index in [1.54, 1.807) is 0 Å². The number of alkyl halides is 3. The molecule has 4 heterocycles. The van der Waals surface area contributed by atoms with Gasteiger partial charge in [-0.1, -0.05) is 6.07 Å². The van der Waals surface area contributed by atoms with Gasteiger partial charge in [0.1, 0.15) is 5.82 Å². The molecule has 2 aromatic rings. The van der Waals surface area contributed by atoms with Crippen molar-refractivity contribution >= 4 is 11.9 Å². The fourth-order valence-corrected chi connectivity index (χ4v) is 4.69. The minimum Gasteiger partial charge on any atom is -0.475 e. The lowest BCUT2D eigenvalue weighted by Crippen LogP contribution is -2.33. The van der Waals surface area contributed by atoms with Gasteiger partial charge in [0.05, 0.1) is 0 Å². The SMILES string of the molecule is O=C(NC1CC1)c1nnc2n1CC1CN(Cc3ccc4c(c3)OCO4)CC1C2.O=C(O)C(F)(F)F. The molecule has 13 heteroatoms. The Morgan fingerprint density at radius 1 is 1.09 bits per heavy atom. The third-order valence-electron chi connectivity index (χ3n) is 6.54. The topological polar surface area (TPSA) is 119 Å². The van der Waals surface area contributed by atoms with Gasteiger partial charge in [0.15, 0.2) is 11.5 Å². The second-order valence-electron chi connectivity index (χ2n) is 9.21. The van der Waals surface area contributed by atoms with Crippen LogP contribution >= 0.6 is 0 Å². The molecule has 1 aromatic carbocycles. The van der Waals surface area contributed by atoms with Crippen molar-refractivity contribution in [3.63, 3.8) is 0 Å². The Hall–Kier alpha value is -3.35. The van der Waals surface area contributed by atoms with Crippen LogP contribution in [0.5, 0.6) is 11.5 Å². The molecule has 1 amide bonds. The first-order valence-corrected chi connectivity index (χ1v) is 11.3. The molecule has 2 fully saturated rings. The number of carboxylic acids is 1. The van der Waals surface area contributed by atoms with Crippen LogP contribution < -0.4 is 14.8 Å². The van der Waals surface area contributed by atoms with Crippen LogP contribution in [0.2, 0.25) is 0 Å². The van der Waals surface area contributed by atoms with Crippen LogP contribution in [0, 0.1) is 11.8 Å². The number of nitrogens with one attached hydrogen (secondary N) is 1. The molecule has 10 nitrogen and oxygen atoms in total. The number of rotatable bonds is 4. The fraction of sp³-hybridized carbons (Fsp3) is 0.545. The first-order valence-electron chi connectivity index (χ1n) is 11.3. The predicted molar refractivity (Wildman–Crippen MR) is 113 cm³/mol. The molecule has 2 unspecified atom stereocenters. The number of nitrogens with zero attached hydrogens (tertiary/aromatic N) is 4. The van der Waals surface area contributed by atoms with Crippen molar-refractivity contribution in [1.82, 2.24) is 25.0 Å². The maximum atomic E-state index is 12.5. The van der Waals surface area contributed by atoms with Crippen molar-refractivity contribution in [2.75, 3.05) is 19.9 Å². The van der Waals surface area contributed by atoms with Crippen molar-refractivity contribution in [1.29, 1.82) is 0 Å². The van der Waals surface area contributed by atoms with E-state index in [4.69, 9.17) is 19.4 Å². The van der Waals surface area contributed by atoms with E-state index in [2.05, 4.69) is 32.5 Å². The molecule has 1 saturated heterocycles. The minimum absolute atomic E-state index is 0.0742. The standard InChI is InChI=1S/C20H23N5O3.C2HF3O2/c26-20(21-15-2-3-15)19-23-22-18-6-13-8-24(9-14(13)10-25(18)19)7-12-1-4-16-17(5-12)28-11-27-16;3-2(4,5)1(6)7/h1,4-5,13-15H,2-3,6-11H2,(H,21,26);(H,6,7). The summed E-state index contributed by atoms with van der Waals surface area (Å²) in [6.45, 7) is 4.12. The molecule has 2 atom stereocenters. The number of carbonyl (C=O) groups is 2. The van der Waals surface area contributed by atoms with E-state index in [9.17, 15) is 18.0 Å². The van der Waals surface area contributed by atoms with Gasteiger partial charge in [-0.3, -0.25) is 9.69 Å². The lowest BCUT2D eigenvalue weighted by Gasteiger charge is -2.25. The lowest BCUT2D eigenvalue weighted by atomic mass is 9.89. The zero-order chi connectivity index (χ0) is 24.7. The van der Waals surface area contributed by atoms with Gasteiger partial charge in [-0.2, -0.15) is 13.2 Å². The Morgan fingerprint density at radius 3 is 2.51 bits per heavy atom. The van der Waals surface area contributed by atoms with Crippen molar-refractivity contribution in [3.05, 3.63) is 35.4 Å². The maximum absolute atomic E-state index is 12.5. The van der Waals surface area contributed by atoms with E-state index < -0.39 is 12.1 Å². The summed E-state index contributed by atoms with van der Waals surface area (Å²) < 4.78 is 44.7. The van der Waals surface area contributed by atoms with E-state index in [0.717, 1.165) is 62.8 Å². The van der Waals surface area contributed by atoms with Crippen LogP contribution in [0.25, 0.3) is 0 Å². The average Bonchev–Trinajstić information content (AvgIpc) is 3.18. The summed E-state index contributed by atoms with van der Waals surface area (Å²) in [5.41, 5.74) is 1.24. The molecule has 1 aliphatic carbocycles. The Morgan fingerprint density at radius 2 is 1.80 bits per heavy atom. The van der Waals surface area contributed by atoms with E-state index >= 15 is 0 Å². The normalized spacial score (nSPS) is 22.6. The molecule has 1 saturated carbocycles. The van der Waals surface area contributed by atoms with Crippen LogP contribution in [0.15, 0.2) is 18.2 Å². The summed E-state index contributed by atoms with van der Waals surface area (Å²) >= 11 is 0. The van der Waals surface area contributed by atoms with Crippen LogP contribution in [-0.4, -0.2) is 68.7 Å². The smallest absolute Gasteiger partial charge is 0.475 e. The predicted octanol–water partition coefficient (Wildman–Crippen LogP) is 1.84. The molecule has 3 aliphatic heterocycles. The summed E-state index contributed by atoms with van der Waals surface area (Å²) in [6, 6.07) is 6.53. The van der Waals surface area contributed by atoms with Gasteiger partial charge >= 0.3 is 12.1 Å². The second-order valence-corrected chi connectivity index (χ2v) is 9.21. The number of carbonyl (C=O) groups excluding carboxylic acids is 1. The largest absolute Gasteiger partial charge is 0.490 e. The zero-order valence-electron chi connectivity index (χ0n) is 18.6. The van der Waals surface area contributed by atoms with Crippen LogP contribution in [0.4, 0.5) is 13.2 Å². The van der Waals surface area contributed by atoms with Crippen molar-refractivity contribution in [2.45, 2.75) is 44.6 Å². The minimum atomic E-state index is -5.08. The molecule has 35 heavy (non-hydrogen) atoms. The monoisotopic (exact) mass is 495 g/mol. The summed E-state index contributed by atoms with van der Waals surface area (Å²) in [5.74, 6) is 1.37. The number of benzene rings is 1. The zero-order valence-corrected chi connectivity index (χ0v) is 18.6. The highest BCUT2D eigenvalue weighted by Crippen LogP contribution is 2.36. The molecule has 2 N–H and O–H groups in total. The number of hydrogen-bond donors (Lipinski definition) is 2. The van der Waals surface area contributed by atoms with E-state index in [0.29, 0.717) is 30.5 Å². The number of amides is 1. The first-order chi connectivity index (χ1) is 16.7. The molecule has 0 radical (unpaired) electrons. The highest BCUT2D eigenvalue weighted by molar-refractivity contribution is 5.91. The van der Waals surface area contributed by atoms with Crippen LogP contribution in [0.3, 0.4) is 0 Å². The molecule has 1 aromatic heterocycles. The third-order valence-corrected chi connectivity index (χ3v) is 6.54. The van der Waals surface area contributed by atoms with E-state index in [1.807, 2.05) is 10.6 Å². The summed E-state index contributed by atoms with van der Waals surface area (Å²) in [5, 5.41) is 18.7. The first kappa shape index (κ1) is 23.4. The molecule has 4 aliphatic rings. The number of fused-ring (bicyclic) bond motifs is 3. The number of aliphatic carboxylic acids is 1. The van der Waals surface area contributed by atoms with Gasteiger partial charge in [-0.05, 0) is 42.4 Å². The quantitative estimate of drug-likeness (QED) is 0.660. The van der Waals surface area contributed by atoms with Gasteiger partial charge in [0.25, 0.3) is 5.91 Å². The summed E-state index contributed by atoms with van der Waals surface area (Å²) in [7, 11) is 0. The maximum Gasteiger partial charge on any atom is 0.490 e. The summed E-state index contributed by atoms with van der Waals surface area (Å²) in [4.78, 5) is 23.8. The number of halogens is 3. The van der Waals surface area contributed by atoms with Gasteiger partial charge < -0.3 is 24.5 Å². The molecular formula is C22H24F3N5O5. The van der Waals surface area contributed by atoms with Crippen molar-refractivity contribution in [3.8, 4) is 11.5 Å². The van der Waals surface area contributed by atoms with Gasteiger partial charge in [0, 0.05) is 38.6 Å². The van der Waals surface area contributed by atoms with Crippen LogP contribution in [-0.2, 0) is 24.3 Å². The Labute approximate surface area is 198 Å². The molecule has 6 rings (SSSR count). The van der Waals surface area contributed by atoms with E-state index in [1.165, 1.54) is 5.56 Å². The van der Waals surface area contributed by atoms with Crippen LogP contribution in [0.1, 0.15) is 34.8 Å². The molecule has 0 spiro atoms. The average molecular weight is 495 g/mol. The highest BCUT2D eigenvalue weighted by Gasteiger charge is 2.40. The number of hydrogen-bond acceptors (Lipinski definition) is 7. The summed E-state index contributed by atoms with van der Waals surface area (Å²) in [6.07, 6.45) is -2.04. The Bertz CT molecular complexity index is 1130. The molecule has 188 valence electrons. The van der Waals surface area contributed by atoms with Gasteiger partial charge in [-0.15, -0.1) is 10.2 Å². The molecular weight excluding hydrogens is 471 g/mol. The second kappa shape index (κ2) is 9.02. The molecule has 0 bridgehead atoms. The van der Waals surface area contributed by atoms with Gasteiger partial charge in [-0.25, -0.2) is 4.79 Å². The number of ether oxygens (including phenoxy) is 2. The van der Waals surface area contributed by atoms with Gasteiger partial charge in [0.2, 0.25) is 12.6 Å². The number of likely N-dealkylation sites (tertiary alicyclic amines) is 1. The third kappa shape index (κ3) is 5.19. The Kier molecular flexibility index (Phi) is 6.03. The lowest BCUT2D eigenvalue weighted by molar-refractivity contribution is -0.192. The fourth-order valence-electron chi connectivity index (χ4n) is 4.69. The van der Waals surface area contributed by atoms with Crippen molar-refractivity contribution < 1.29 is 37.3 Å². The highest BCUT2D eigenvalue weighted by atomic mass is 19.4. The number of aromatic nitrogens is 3.